The molecule has 20 heavy (non-hydrogen) atoms. The molecule has 6 heteroatoms. The van der Waals surface area contributed by atoms with Crippen molar-refractivity contribution in [1.82, 2.24) is 14.9 Å². The Morgan fingerprint density at radius 1 is 1.40 bits per heavy atom. The van der Waals surface area contributed by atoms with E-state index in [0.717, 1.165) is 23.9 Å². The number of hydrogen-bond acceptors (Lipinski definition) is 3. The van der Waals surface area contributed by atoms with Crippen molar-refractivity contribution in [2.24, 2.45) is 11.7 Å². The number of nitrogens with zero attached hydrogens (tertiary/aromatic N) is 2. The number of rotatable bonds is 3. The van der Waals surface area contributed by atoms with E-state index in [0.29, 0.717) is 5.56 Å². The van der Waals surface area contributed by atoms with Crippen LogP contribution in [-0.4, -0.2) is 28.4 Å². The number of amides is 2. The third kappa shape index (κ3) is 1.84. The molecular formula is C14H16N4O2. The summed E-state index contributed by atoms with van der Waals surface area (Å²) in [7, 11) is 1.65. The summed E-state index contributed by atoms with van der Waals surface area (Å²) in [4.78, 5) is 27.4. The fourth-order valence-corrected chi connectivity index (χ4v) is 2.80. The normalized spacial score (nSPS) is 21.4. The number of primary amides is 1. The topological polar surface area (TPSA) is 90.0 Å². The highest BCUT2D eigenvalue weighted by atomic mass is 16.2. The summed E-state index contributed by atoms with van der Waals surface area (Å²) in [6, 6.07) is 5.53. The van der Waals surface area contributed by atoms with Crippen LogP contribution in [0.25, 0.3) is 11.0 Å². The monoisotopic (exact) mass is 272 g/mol. The average molecular weight is 272 g/mol. The molecule has 2 amide bonds. The van der Waals surface area contributed by atoms with E-state index in [2.05, 4.69) is 10.3 Å². The van der Waals surface area contributed by atoms with E-state index in [1.807, 2.05) is 10.6 Å². The highest BCUT2D eigenvalue weighted by molar-refractivity contribution is 6.04. The van der Waals surface area contributed by atoms with Crippen LogP contribution < -0.4 is 11.1 Å². The van der Waals surface area contributed by atoms with E-state index in [4.69, 9.17) is 5.73 Å². The van der Waals surface area contributed by atoms with E-state index in [1.54, 1.807) is 25.5 Å². The summed E-state index contributed by atoms with van der Waals surface area (Å²) in [5, 5.41) is 2.66. The molecule has 1 aromatic heterocycles. The molecule has 1 fully saturated rings. The first-order valence-electron chi connectivity index (χ1n) is 6.58. The predicted octanol–water partition coefficient (Wildman–Crippen LogP) is 0.832. The maximum Gasteiger partial charge on any atom is 0.250 e. The van der Waals surface area contributed by atoms with E-state index < -0.39 is 5.91 Å². The quantitative estimate of drug-likeness (QED) is 0.867. The highest BCUT2D eigenvalue weighted by Gasteiger charge is 2.36. The number of fused-ring (bicyclic) bond motifs is 1. The number of benzene rings is 1. The van der Waals surface area contributed by atoms with Crippen LogP contribution >= 0.6 is 0 Å². The molecule has 2 aromatic rings. The van der Waals surface area contributed by atoms with Crippen molar-refractivity contribution in [3.63, 3.8) is 0 Å². The lowest BCUT2D eigenvalue weighted by Crippen LogP contribution is -2.38. The van der Waals surface area contributed by atoms with Crippen LogP contribution in [0.15, 0.2) is 24.5 Å². The zero-order valence-electron chi connectivity index (χ0n) is 11.2. The summed E-state index contributed by atoms with van der Waals surface area (Å²) in [6.07, 6.45) is 3.25. The smallest absolute Gasteiger partial charge is 0.250 e. The van der Waals surface area contributed by atoms with Gasteiger partial charge < -0.3 is 15.6 Å². The van der Waals surface area contributed by atoms with Crippen molar-refractivity contribution >= 4 is 22.8 Å². The minimum Gasteiger partial charge on any atom is -0.366 e. The molecule has 0 radical (unpaired) electrons. The van der Waals surface area contributed by atoms with Gasteiger partial charge in [0.15, 0.2) is 0 Å². The van der Waals surface area contributed by atoms with Crippen LogP contribution in [0.5, 0.6) is 0 Å². The Kier molecular flexibility index (Phi) is 2.93. The Labute approximate surface area is 116 Å². The number of hydrogen-bond donors (Lipinski definition) is 2. The second kappa shape index (κ2) is 4.63. The summed E-state index contributed by atoms with van der Waals surface area (Å²) < 4.78 is 1.97. The third-order valence-corrected chi connectivity index (χ3v) is 3.98. The molecule has 104 valence electrons. The van der Waals surface area contributed by atoms with Crippen LogP contribution in [0.2, 0.25) is 0 Å². The molecule has 3 N–H and O–H groups in total. The van der Waals surface area contributed by atoms with Gasteiger partial charge in [0, 0.05) is 19.0 Å². The van der Waals surface area contributed by atoms with Crippen LogP contribution in [-0.2, 0) is 4.79 Å². The third-order valence-electron chi connectivity index (χ3n) is 3.98. The number of imidazole rings is 1. The van der Waals surface area contributed by atoms with Crippen molar-refractivity contribution in [3.8, 4) is 0 Å². The van der Waals surface area contributed by atoms with Gasteiger partial charge in [0.25, 0.3) is 5.91 Å². The van der Waals surface area contributed by atoms with Crippen molar-refractivity contribution in [3.05, 3.63) is 30.1 Å². The maximum atomic E-state index is 11.5. The largest absolute Gasteiger partial charge is 0.366 e. The van der Waals surface area contributed by atoms with Gasteiger partial charge in [-0.25, -0.2) is 4.98 Å². The SMILES string of the molecule is CNC(=O)C1CC(n2cnc3cccc(C(N)=O)c32)C1. The zero-order chi connectivity index (χ0) is 14.3. The fourth-order valence-electron chi connectivity index (χ4n) is 2.80. The number of carbonyl (C=O) groups is 2. The fraction of sp³-hybridized carbons (Fsp3) is 0.357. The first-order valence-corrected chi connectivity index (χ1v) is 6.58. The van der Waals surface area contributed by atoms with Crippen LogP contribution in [0.4, 0.5) is 0 Å². The zero-order valence-corrected chi connectivity index (χ0v) is 11.2. The first-order chi connectivity index (χ1) is 9.61. The molecule has 0 atom stereocenters. The summed E-state index contributed by atoms with van der Waals surface area (Å²) in [5.41, 5.74) is 7.41. The lowest BCUT2D eigenvalue weighted by Gasteiger charge is -2.35. The van der Waals surface area contributed by atoms with E-state index >= 15 is 0 Å². The van der Waals surface area contributed by atoms with Gasteiger partial charge in [0.1, 0.15) is 0 Å². The molecule has 1 aliphatic rings. The van der Waals surface area contributed by atoms with Crippen LogP contribution in [0, 0.1) is 5.92 Å². The average Bonchev–Trinajstić information content (AvgIpc) is 2.80. The molecule has 0 bridgehead atoms. The highest BCUT2D eigenvalue weighted by Crippen LogP contribution is 2.39. The summed E-state index contributed by atoms with van der Waals surface area (Å²) in [6.45, 7) is 0. The standard InChI is InChI=1S/C14H16N4O2/c1-16-14(20)8-5-9(6-8)18-7-17-11-4-2-3-10(12(11)18)13(15)19/h2-4,7-9H,5-6H2,1H3,(H2,15,19)(H,16,20). The number of para-hydroxylation sites is 1. The Bertz CT molecular complexity index is 686. The van der Waals surface area contributed by atoms with Crippen molar-refractivity contribution in [1.29, 1.82) is 0 Å². The molecule has 0 aliphatic heterocycles. The molecule has 1 aromatic carbocycles. The first kappa shape index (κ1) is 12.7. The minimum absolute atomic E-state index is 0.0446. The van der Waals surface area contributed by atoms with Gasteiger partial charge in [0.2, 0.25) is 5.91 Å². The van der Waals surface area contributed by atoms with E-state index in [1.165, 1.54) is 0 Å². The molecule has 1 saturated carbocycles. The number of aromatic nitrogens is 2. The molecule has 0 spiro atoms. The van der Waals surface area contributed by atoms with Crippen molar-refractivity contribution < 1.29 is 9.59 Å². The molecular weight excluding hydrogens is 256 g/mol. The van der Waals surface area contributed by atoms with Gasteiger partial charge in [-0.1, -0.05) is 6.07 Å². The van der Waals surface area contributed by atoms with Crippen molar-refractivity contribution in [2.75, 3.05) is 7.05 Å². The van der Waals surface area contributed by atoms with Crippen molar-refractivity contribution in [2.45, 2.75) is 18.9 Å². The molecule has 6 nitrogen and oxygen atoms in total. The summed E-state index contributed by atoms with van der Waals surface area (Å²) in [5.74, 6) is -0.344. The Balaban J connectivity index is 1.94. The van der Waals surface area contributed by atoms with Gasteiger partial charge in [-0.15, -0.1) is 0 Å². The van der Waals surface area contributed by atoms with Gasteiger partial charge in [-0.05, 0) is 25.0 Å². The minimum atomic E-state index is -0.459. The Morgan fingerprint density at radius 2 is 2.15 bits per heavy atom. The van der Waals surface area contributed by atoms with Gasteiger partial charge in [0.05, 0.1) is 22.9 Å². The number of nitrogens with one attached hydrogen (secondary N) is 1. The molecule has 3 rings (SSSR count). The lowest BCUT2D eigenvalue weighted by atomic mass is 9.79. The number of carbonyl (C=O) groups excluding carboxylic acids is 2. The lowest BCUT2D eigenvalue weighted by molar-refractivity contribution is -0.128. The van der Waals surface area contributed by atoms with Crippen LogP contribution in [0.3, 0.4) is 0 Å². The summed E-state index contributed by atoms with van der Waals surface area (Å²) >= 11 is 0. The second-order valence-corrected chi connectivity index (χ2v) is 5.13. The molecule has 1 aliphatic carbocycles. The Hall–Kier alpha value is -2.37. The molecule has 0 saturated heterocycles. The van der Waals surface area contributed by atoms with E-state index in [-0.39, 0.29) is 17.9 Å². The second-order valence-electron chi connectivity index (χ2n) is 5.13. The van der Waals surface area contributed by atoms with Gasteiger partial charge in [-0.2, -0.15) is 0 Å². The Morgan fingerprint density at radius 3 is 2.80 bits per heavy atom. The number of nitrogens with two attached hydrogens (primary N) is 1. The van der Waals surface area contributed by atoms with Gasteiger partial charge in [-0.3, -0.25) is 9.59 Å². The van der Waals surface area contributed by atoms with E-state index in [9.17, 15) is 9.59 Å². The molecule has 1 heterocycles. The predicted molar refractivity (Wildman–Crippen MR) is 74.1 cm³/mol. The van der Waals surface area contributed by atoms with Crippen LogP contribution in [0.1, 0.15) is 29.2 Å². The maximum absolute atomic E-state index is 11.5. The van der Waals surface area contributed by atoms with Gasteiger partial charge >= 0.3 is 0 Å². The molecule has 0 unspecified atom stereocenters.